The summed E-state index contributed by atoms with van der Waals surface area (Å²) in [6.45, 7) is -1.32. The average molecular weight is 240 g/mol. The summed E-state index contributed by atoms with van der Waals surface area (Å²) in [5.41, 5.74) is 0.984. The second kappa shape index (κ2) is 3.77. The molecule has 0 saturated heterocycles. The van der Waals surface area contributed by atoms with Crippen molar-refractivity contribution < 1.29 is 18.0 Å². The number of fused-ring (bicyclic) bond motifs is 1. The fraction of sp³-hybridized carbons (Fsp3) is 0.273. The van der Waals surface area contributed by atoms with Gasteiger partial charge in [0.05, 0.1) is 11.6 Å². The molecule has 6 heteroatoms. The quantitative estimate of drug-likeness (QED) is 0.754. The third-order valence-electron chi connectivity index (χ3n) is 2.49. The number of halogens is 3. The minimum absolute atomic E-state index is 0.0562. The first kappa shape index (κ1) is 11.5. The summed E-state index contributed by atoms with van der Waals surface area (Å²) in [5, 5.41) is 8.65. The molecule has 1 aliphatic heterocycles. The van der Waals surface area contributed by atoms with Gasteiger partial charge in [0.2, 0.25) is 0 Å². The number of carbonyl (C=O) groups is 1. The van der Waals surface area contributed by atoms with E-state index >= 15 is 0 Å². The van der Waals surface area contributed by atoms with Crippen LogP contribution in [-0.4, -0.2) is 23.5 Å². The Bertz CT molecular complexity index is 516. The van der Waals surface area contributed by atoms with Crippen molar-refractivity contribution in [3.63, 3.8) is 0 Å². The molecule has 0 aliphatic carbocycles. The molecule has 0 spiro atoms. The van der Waals surface area contributed by atoms with Crippen LogP contribution < -0.4 is 0 Å². The Balaban J connectivity index is 2.28. The van der Waals surface area contributed by atoms with Crippen molar-refractivity contribution in [2.24, 2.45) is 0 Å². The number of rotatable bonds is 1. The summed E-state index contributed by atoms with van der Waals surface area (Å²) in [5.74, 6) is -0.672. The lowest BCUT2D eigenvalue weighted by Gasteiger charge is -2.17. The minimum Gasteiger partial charge on any atom is -0.325 e. The van der Waals surface area contributed by atoms with E-state index in [1.807, 2.05) is 6.07 Å². The molecule has 3 nitrogen and oxygen atoms in total. The van der Waals surface area contributed by atoms with Gasteiger partial charge >= 0.3 is 6.18 Å². The van der Waals surface area contributed by atoms with Crippen LogP contribution in [0.1, 0.15) is 21.5 Å². The van der Waals surface area contributed by atoms with Crippen LogP contribution in [0.2, 0.25) is 0 Å². The molecule has 1 heterocycles. The van der Waals surface area contributed by atoms with Crippen molar-refractivity contribution >= 4 is 5.91 Å². The van der Waals surface area contributed by atoms with Gasteiger partial charge in [0.1, 0.15) is 6.54 Å². The first-order valence-electron chi connectivity index (χ1n) is 4.80. The van der Waals surface area contributed by atoms with E-state index in [4.69, 9.17) is 5.26 Å². The van der Waals surface area contributed by atoms with Crippen molar-refractivity contribution in [2.45, 2.75) is 12.7 Å². The van der Waals surface area contributed by atoms with Gasteiger partial charge in [0.25, 0.3) is 5.91 Å². The lowest BCUT2D eigenvalue weighted by atomic mass is 10.1. The third kappa shape index (κ3) is 2.23. The fourth-order valence-corrected chi connectivity index (χ4v) is 1.77. The number of hydrogen-bond acceptors (Lipinski definition) is 2. The zero-order valence-corrected chi connectivity index (χ0v) is 8.58. The van der Waals surface area contributed by atoms with E-state index in [0.29, 0.717) is 5.56 Å². The van der Waals surface area contributed by atoms with E-state index in [1.165, 1.54) is 18.2 Å². The van der Waals surface area contributed by atoms with Crippen molar-refractivity contribution in [1.29, 1.82) is 5.26 Å². The third-order valence-corrected chi connectivity index (χ3v) is 2.49. The highest BCUT2D eigenvalue weighted by Gasteiger charge is 2.37. The Hall–Kier alpha value is -2.03. The zero-order chi connectivity index (χ0) is 12.6. The van der Waals surface area contributed by atoms with Gasteiger partial charge < -0.3 is 4.90 Å². The topological polar surface area (TPSA) is 44.1 Å². The molecule has 0 atom stereocenters. The van der Waals surface area contributed by atoms with Crippen LogP contribution in [-0.2, 0) is 6.54 Å². The van der Waals surface area contributed by atoms with Crippen molar-refractivity contribution in [3.8, 4) is 6.07 Å². The lowest BCUT2D eigenvalue weighted by molar-refractivity contribution is -0.140. The number of alkyl halides is 3. The molecule has 0 fully saturated rings. The molecular weight excluding hydrogens is 233 g/mol. The highest BCUT2D eigenvalue weighted by atomic mass is 19.4. The van der Waals surface area contributed by atoms with E-state index in [1.54, 1.807) is 0 Å². The molecule has 1 amide bonds. The SMILES string of the molecule is N#Cc1ccc2c(c1)C(=O)N(CC(F)(F)F)C2. The minimum atomic E-state index is -4.41. The molecule has 0 unspecified atom stereocenters. The van der Waals surface area contributed by atoms with Crippen LogP contribution in [0, 0.1) is 11.3 Å². The van der Waals surface area contributed by atoms with Crippen LogP contribution in [0.4, 0.5) is 13.2 Å². The number of carbonyl (C=O) groups excluding carboxylic acids is 1. The monoisotopic (exact) mass is 240 g/mol. The van der Waals surface area contributed by atoms with Gasteiger partial charge in [0, 0.05) is 12.1 Å². The van der Waals surface area contributed by atoms with E-state index in [9.17, 15) is 18.0 Å². The predicted molar refractivity (Wildman–Crippen MR) is 52.0 cm³/mol. The van der Waals surface area contributed by atoms with Gasteiger partial charge in [-0.25, -0.2) is 0 Å². The Morgan fingerprint density at radius 3 is 2.71 bits per heavy atom. The summed E-state index contributed by atoms with van der Waals surface area (Å²) < 4.78 is 36.6. The maximum absolute atomic E-state index is 12.2. The van der Waals surface area contributed by atoms with Gasteiger partial charge in [-0.3, -0.25) is 4.79 Å². The van der Waals surface area contributed by atoms with E-state index in [0.717, 1.165) is 4.90 Å². The highest BCUT2D eigenvalue weighted by molar-refractivity contribution is 5.98. The molecule has 88 valence electrons. The summed E-state index contributed by atoms with van der Waals surface area (Å²) in [6.07, 6.45) is -4.41. The Kier molecular flexibility index (Phi) is 2.54. The maximum Gasteiger partial charge on any atom is 0.406 e. The van der Waals surface area contributed by atoms with Crippen molar-refractivity contribution in [1.82, 2.24) is 4.90 Å². The highest BCUT2D eigenvalue weighted by Crippen LogP contribution is 2.27. The van der Waals surface area contributed by atoms with Crippen LogP contribution in [0.15, 0.2) is 18.2 Å². The Morgan fingerprint density at radius 2 is 2.12 bits per heavy atom. The molecular formula is C11H7F3N2O. The van der Waals surface area contributed by atoms with Gasteiger partial charge in [-0.2, -0.15) is 18.4 Å². The molecule has 1 aliphatic rings. The molecule has 0 radical (unpaired) electrons. The molecule has 0 bridgehead atoms. The first-order chi connectivity index (χ1) is 7.90. The second-order valence-corrected chi connectivity index (χ2v) is 3.76. The summed E-state index contributed by atoms with van der Waals surface area (Å²) in [7, 11) is 0. The molecule has 1 aromatic rings. The number of nitrogens with zero attached hydrogens (tertiary/aromatic N) is 2. The fourth-order valence-electron chi connectivity index (χ4n) is 1.77. The van der Waals surface area contributed by atoms with E-state index in [2.05, 4.69) is 0 Å². The second-order valence-electron chi connectivity index (χ2n) is 3.76. The van der Waals surface area contributed by atoms with Crippen LogP contribution in [0.25, 0.3) is 0 Å². The standard InChI is InChI=1S/C11H7F3N2O/c12-11(13,14)6-16-5-8-2-1-7(4-15)3-9(8)10(16)17/h1-3H,5-6H2. The van der Waals surface area contributed by atoms with Gasteiger partial charge in [-0.1, -0.05) is 6.07 Å². The largest absolute Gasteiger partial charge is 0.406 e. The zero-order valence-electron chi connectivity index (χ0n) is 8.58. The van der Waals surface area contributed by atoms with Crippen molar-refractivity contribution in [2.75, 3.05) is 6.54 Å². The summed E-state index contributed by atoms with van der Waals surface area (Å²) in [4.78, 5) is 12.4. The average Bonchev–Trinajstić information content (AvgIpc) is 2.53. The van der Waals surface area contributed by atoms with Gasteiger partial charge in [-0.15, -0.1) is 0 Å². The van der Waals surface area contributed by atoms with Crippen molar-refractivity contribution in [3.05, 3.63) is 34.9 Å². The summed E-state index contributed by atoms with van der Waals surface area (Å²) in [6, 6.07) is 6.18. The summed E-state index contributed by atoms with van der Waals surface area (Å²) >= 11 is 0. The molecule has 0 saturated carbocycles. The Morgan fingerprint density at radius 1 is 1.41 bits per heavy atom. The smallest absolute Gasteiger partial charge is 0.325 e. The van der Waals surface area contributed by atoms with Gasteiger partial charge in [0.15, 0.2) is 0 Å². The number of nitriles is 1. The number of benzene rings is 1. The number of hydrogen-bond donors (Lipinski definition) is 0. The first-order valence-corrected chi connectivity index (χ1v) is 4.80. The normalized spacial score (nSPS) is 14.7. The predicted octanol–water partition coefficient (Wildman–Crippen LogP) is 2.08. The molecule has 2 rings (SSSR count). The van der Waals surface area contributed by atoms with Crippen LogP contribution in [0.3, 0.4) is 0 Å². The lowest BCUT2D eigenvalue weighted by Crippen LogP contribution is -2.34. The molecule has 0 N–H and O–H groups in total. The Labute approximate surface area is 95.1 Å². The molecule has 17 heavy (non-hydrogen) atoms. The van der Waals surface area contributed by atoms with Crippen LogP contribution >= 0.6 is 0 Å². The maximum atomic E-state index is 12.2. The van der Waals surface area contributed by atoms with E-state index < -0.39 is 18.6 Å². The number of amides is 1. The molecule has 1 aromatic carbocycles. The van der Waals surface area contributed by atoms with E-state index in [-0.39, 0.29) is 17.7 Å². The van der Waals surface area contributed by atoms with Crippen LogP contribution in [0.5, 0.6) is 0 Å². The molecule has 0 aromatic heterocycles. The van der Waals surface area contributed by atoms with Gasteiger partial charge in [-0.05, 0) is 17.7 Å².